The van der Waals surface area contributed by atoms with Crippen LogP contribution in [-0.2, 0) is 16.0 Å². The molecule has 2 saturated heterocycles. The summed E-state index contributed by atoms with van der Waals surface area (Å²) in [6.07, 6.45) is 10.5. The van der Waals surface area contributed by atoms with E-state index in [-0.39, 0.29) is 23.6 Å². The Kier molecular flexibility index (Phi) is 8.00. The SMILES string of the molecule is Nc1nnc(-c2ccccc2O)cc1-c1cnn(C2CCCN(CCCc3ccc4c(c3)c3cccnc3n4C3CCC(=O)NC3=O)C2)c1. The number of carbonyl (C=O) groups is 2. The van der Waals surface area contributed by atoms with Gasteiger partial charge in [-0.05, 0) is 93.2 Å². The largest absolute Gasteiger partial charge is 0.507 e. The normalized spacial score (nSPS) is 18.7. The first-order valence-electron chi connectivity index (χ1n) is 16.8. The molecular formula is C37H37N9O3. The van der Waals surface area contributed by atoms with Crippen molar-refractivity contribution in [3.8, 4) is 28.1 Å². The smallest absolute Gasteiger partial charge is 0.249 e. The molecule has 248 valence electrons. The van der Waals surface area contributed by atoms with Crippen LogP contribution in [0.3, 0.4) is 0 Å². The van der Waals surface area contributed by atoms with Crippen molar-refractivity contribution in [2.75, 3.05) is 25.4 Å². The van der Waals surface area contributed by atoms with Crippen molar-refractivity contribution >= 4 is 39.6 Å². The number of aryl methyl sites for hydroxylation is 1. The van der Waals surface area contributed by atoms with Crippen molar-refractivity contribution in [1.29, 1.82) is 0 Å². The third-order valence-corrected chi connectivity index (χ3v) is 9.86. The number of rotatable bonds is 8. The van der Waals surface area contributed by atoms with Gasteiger partial charge in [-0.2, -0.15) is 5.10 Å². The Morgan fingerprint density at radius 2 is 1.88 bits per heavy atom. The molecule has 2 aromatic carbocycles. The molecule has 6 heterocycles. The number of piperidine rings is 2. The van der Waals surface area contributed by atoms with Gasteiger partial charge in [0.1, 0.15) is 17.4 Å². The highest BCUT2D eigenvalue weighted by atomic mass is 16.3. The molecule has 2 unspecified atom stereocenters. The van der Waals surface area contributed by atoms with E-state index < -0.39 is 6.04 Å². The zero-order chi connectivity index (χ0) is 33.5. The lowest BCUT2D eigenvalue weighted by atomic mass is 10.0. The van der Waals surface area contributed by atoms with Gasteiger partial charge in [0.05, 0.1) is 23.4 Å². The van der Waals surface area contributed by atoms with E-state index in [1.807, 2.05) is 39.8 Å². The minimum atomic E-state index is -0.462. The highest BCUT2D eigenvalue weighted by Crippen LogP contribution is 2.35. The van der Waals surface area contributed by atoms with E-state index in [0.29, 0.717) is 29.9 Å². The fourth-order valence-electron chi connectivity index (χ4n) is 7.41. The monoisotopic (exact) mass is 655 g/mol. The van der Waals surface area contributed by atoms with Gasteiger partial charge < -0.3 is 20.3 Å². The predicted octanol–water partition coefficient (Wildman–Crippen LogP) is 5.05. The van der Waals surface area contributed by atoms with Crippen molar-refractivity contribution in [3.63, 3.8) is 0 Å². The number of benzene rings is 2. The number of nitrogens with zero attached hydrogens (tertiary/aromatic N) is 7. The molecule has 2 amide bonds. The molecule has 12 nitrogen and oxygen atoms in total. The number of likely N-dealkylation sites (tertiary alicyclic amines) is 1. The summed E-state index contributed by atoms with van der Waals surface area (Å²) in [7, 11) is 0. The summed E-state index contributed by atoms with van der Waals surface area (Å²) in [5.74, 6) is -0.0351. The number of nitrogen functional groups attached to an aromatic ring is 1. The second-order valence-corrected chi connectivity index (χ2v) is 13.0. The van der Waals surface area contributed by atoms with E-state index in [4.69, 9.17) is 10.8 Å². The van der Waals surface area contributed by atoms with Crippen molar-refractivity contribution in [2.24, 2.45) is 0 Å². The van der Waals surface area contributed by atoms with Gasteiger partial charge >= 0.3 is 0 Å². The van der Waals surface area contributed by atoms with Crippen molar-refractivity contribution in [1.82, 2.24) is 39.7 Å². The highest BCUT2D eigenvalue weighted by Gasteiger charge is 2.31. The Bertz CT molecular complexity index is 2210. The molecule has 0 saturated carbocycles. The van der Waals surface area contributed by atoms with E-state index in [0.717, 1.165) is 78.4 Å². The molecule has 4 N–H and O–H groups in total. The fourth-order valence-corrected chi connectivity index (χ4v) is 7.41. The molecule has 12 heteroatoms. The van der Waals surface area contributed by atoms with Gasteiger partial charge in [0, 0.05) is 52.8 Å². The maximum atomic E-state index is 12.8. The van der Waals surface area contributed by atoms with Gasteiger partial charge in [-0.25, -0.2) is 4.98 Å². The van der Waals surface area contributed by atoms with Gasteiger partial charge in [-0.3, -0.25) is 19.6 Å². The van der Waals surface area contributed by atoms with Crippen LogP contribution < -0.4 is 11.1 Å². The van der Waals surface area contributed by atoms with Gasteiger partial charge in [-0.15, -0.1) is 10.2 Å². The first-order chi connectivity index (χ1) is 23.9. The Morgan fingerprint density at radius 1 is 0.980 bits per heavy atom. The number of amides is 2. The summed E-state index contributed by atoms with van der Waals surface area (Å²) in [5.41, 5.74) is 12.0. The first-order valence-corrected chi connectivity index (χ1v) is 16.8. The zero-order valence-corrected chi connectivity index (χ0v) is 27.0. The average Bonchev–Trinajstić information content (AvgIpc) is 3.73. The van der Waals surface area contributed by atoms with Gasteiger partial charge in [-0.1, -0.05) is 18.2 Å². The highest BCUT2D eigenvalue weighted by molar-refractivity contribution is 6.09. The first kappa shape index (κ1) is 30.7. The van der Waals surface area contributed by atoms with Crippen LogP contribution in [0.5, 0.6) is 5.75 Å². The summed E-state index contributed by atoms with van der Waals surface area (Å²) >= 11 is 0. The molecule has 0 bridgehead atoms. The molecule has 6 aromatic rings. The zero-order valence-electron chi connectivity index (χ0n) is 27.0. The van der Waals surface area contributed by atoms with Crippen LogP contribution in [0, 0.1) is 0 Å². The Morgan fingerprint density at radius 3 is 2.76 bits per heavy atom. The minimum absolute atomic E-state index is 0.140. The van der Waals surface area contributed by atoms with Crippen molar-refractivity contribution in [3.05, 3.63) is 84.8 Å². The van der Waals surface area contributed by atoms with Crippen LogP contribution in [0.2, 0.25) is 0 Å². The summed E-state index contributed by atoms with van der Waals surface area (Å²) < 4.78 is 4.04. The number of hydrogen-bond acceptors (Lipinski definition) is 9. The van der Waals surface area contributed by atoms with E-state index in [2.05, 4.69) is 49.7 Å². The third-order valence-electron chi connectivity index (χ3n) is 9.86. The standard InChI is InChI=1S/C37H37N9O3/c38-35-28(19-30(42-43-35)27-8-1-2-10-33(27)47)24-20-40-45(21-24)25-7-5-17-44(22-25)16-4-6-23-11-12-31-29(18-23)26-9-3-15-39-36(26)46(31)32-13-14-34(48)41-37(32)49/h1-3,8-12,15,18-21,25,32,47H,4-7,13-14,16-17,22H2,(H2,38,43)(H,41,48,49). The lowest BCUT2D eigenvalue weighted by Crippen LogP contribution is -2.41. The number of fused-ring (bicyclic) bond motifs is 3. The molecule has 8 rings (SSSR count). The molecule has 49 heavy (non-hydrogen) atoms. The third kappa shape index (κ3) is 5.88. The molecule has 2 atom stereocenters. The molecule has 2 aliphatic heterocycles. The average molecular weight is 656 g/mol. The van der Waals surface area contributed by atoms with E-state index >= 15 is 0 Å². The van der Waals surface area contributed by atoms with E-state index in [1.54, 1.807) is 24.4 Å². The van der Waals surface area contributed by atoms with Crippen molar-refractivity contribution < 1.29 is 14.7 Å². The Labute approximate surface area is 282 Å². The summed E-state index contributed by atoms with van der Waals surface area (Å²) in [5, 5.41) is 28.0. The molecule has 4 aromatic heterocycles. The number of phenolic OH excluding ortho intramolecular Hbond substituents is 1. The number of pyridine rings is 1. The van der Waals surface area contributed by atoms with Crippen LogP contribution in [0.25, 0.3) is 44.3 Å². The molecule has 0 spiro atoms. The number of nitrogens with one attached hydrogen (secondary N) is 1. The lowest BCUT2D eigenvalue weighted by Gasteiger charge is -2.32. The van der Waals surface area contributed by atoms with Crippen LogP contribution in [-0.4, -0.2) is 71.0 Å². The summed E-state index contributed by atoms with van der Waals surface area (Å²) in [6.45, 7) is 2.95. The van der Waals surface area contributed by atoms with Crippen molar-refractivity contribution in [2.45, 2.75) is 50.6 Å². The quantitative estimate of drug-likeness (QED) is 0.191. The number of aromatic nitrogens is 6. The van der Waals surface area contributed by atoms with Gasteiger partial charge in [0.25, 0.3) is 0 Å². The van der Waals surface area contributed by atoms with Crippen LogP contribution in [0.4, 0.5) is 5.82 Å². The predicted molar refractivity (Wildman–Crippen MR) is 186 cm³/mol. The second-order valence-electron chi connectivity index (χ2n) is 13.0. The van der Waals surface area contributed by atoms with E-state index in [1.165, 1.54) is 5.56 Å². The number of para-hydroxylation sites is 1. The molecule has 2 fully saturated rings. The maximum absolute atomic E-state index is 12.8. The molecular weight excluding hydrogens is 618 g/mol. The lowest BCUT2D eigenvalue weighted by molar-refractivity contribution is -0.135. The Hall–Kier alpha value is -5.62. The second kappa shape index (κ2) is 12.8. The van der Waals surface area contributed by atoms with E-state index in [9.17, 15) is 14.7 Å². The number of imide groups is 1. The summed E-state index contributed by atoms with van der Waals surface area (Å²) in [4.78, 5) is 31.8. The number of nitrogens with two attached hydrogens (primary N) is 1. The number of anilines is 1. The van der Waals surface area contributed by atoms with Crippen LogP contribution in [0.1, 0.15) is 49.8 Å². The maximum Gasteiger partial charge on any atom is 0.249 e. The Balaban J connectivity index is 0.942. The van der Waals surface area contributed by atoms with Crippen LogP contribution >= 0.6 is 0 Å². The number of hydrogen-bond donors (Lipinski definition) is 3. The molecule has 0 radical (unpaired) electrons. The number of carbonyl (C=O) groups excluding carboxylic acids is 2. The molecule has 2 aliphatic rings. The topological polar surface area (TPSA) is 157 Å². The van der Waals surface area contributed by atoms with Gasteiger partial charge in [0.15, 0.2) is 5.82 Å². The minimum Gasteiger partial charge on any atom is -0.507 e. The number of phenols is 1. The molecule has 0 aliphatic carbocycles. The van der Waals surface area contributed by atoms with Crippen LogP contribution in [0.15, 0.2) is 79.3 Å². The van der Waals surface area contributed by atoms with Gasteiger partial charge in [0.2, 0.25) is 11.8 Å². The number of aromatic hydroxyl groups is 1. The fraction of sp³-hybridized carbons (Fsp3) is 0.297. The summed E-state index contributed by atoms with van der Waals surface area (Å²) in [6, 6.07) is 19.1.